The average Bonchev–Trinajstić information content (AvgIpc) is 3.86. The van der Waals surface area contributed by atoms with Crippen LogP contribution in [-0.4, -0.2) is 131 Å². The second-order valence-corrected chi connectivity index (χ2v) is 13.0. The third-order valence-electron chi connectivity index (χ3n) is 10.3. The van der Waals surface area contributed by atoms with Crippen LogP contribution in [0.4, 0.5) is 0 Å². The van der Waals surface area contributed by atoms with E-state index in [0.717, 1.165) is 28.7 Å². The van der Waals surface area contributed by atoms with Crippen LogP contribution >= 0.6 is 0 Å². The average molecular weight is 668 g/mol. The second kappa shape index (κ2) is 14.4. The smallest absolute Gasteiger partial charge is 0.254 e. The maximum atomic E-state index is 13.6. The van der Waals surface area contributed by atoms with Gasteiger partial charge in [-0.2, -0.15) is 5.26 Å². The van der Waals surface area contributed by atoms with E-state index in [1.807, 2.05) is 46.2 Å². The summed E-state index contributed by atoms with van der Waals surface area (Å²) in [6.45, 7) is 5.38. The number of aromatic nitrogens is 4. The highest BCUT2D eigenvalue weighted by molar-refractivity contribution is 5.95. The molecule has 3 aliphatic heterocycles. The molecule has 2 N–H and O–H groups in total. The van der Waals surface area contributed by atoms with E-state index in [-0.39, 0.29) is 30.3 Å². The van der Waals surface area contributed by atoms with Crippen LogP contribution in [0.1, 0.15) is 68.1 Å². The van der Waals surface area contributed by atoms with Crippen LogP contribution in [0.25, 0.3) is 0 Å². The number of carbonyl (C=O) groups is 3. The molecule has 1 atom stereocenters. The van der Waals surface area contributed by atoms with Gasteiger partial charge in [-0.1, -0.05) is 12.1 Å². The molecule has 0 bridgehead atoms. The molecular weight excluding hydrogens is 626 g/mol. The van der Waals surface area contributed by atoms with Gasteiger partial charge >= 0.3 is 0 Å². The molecule has 256 valence electrons. The Balaban J connectivity index is 1.25. The van der Waals surface area contributed by atoms with Gasteiger partial charge in [0.2, 0.25) is 5.91 Å². The molecule has 0 spiro atoms. The number of hydrogen-bond donors (Lipinski definition) is 2. The van der Waals surface area contributed by atoms with Crippen molar-refractivity contribution < 1.29 is 23.9 Å². The maximum absolute atomic E-state index is 13.6. The first-order valence-corrected chi connectivity index (χ1v) is 17.1. The van der Waals surface area contributed by atoms with Gasteiger partial charge in [0.05, 0.1) is 44.5 Å². The Labute approximate surface area is 284 Å². The van der Waals surface area contributed by atoms with Crippen LogP contribution in [0.15, 0.2) is 36.4 Å². The number of carbonyl (C=O) groups excluding carboxylic acids is 3. The molecule has 3 fully saturated rings. The summed E-state index contributed by atoms with van der Waals surface area (Å²) in [7, 11) is 0. The van der Waals surface area contributed by atoms with E-state index in [1.165, 1.54) is 0 Å². The molecule has 0 radical (unpaired) electrons. The predicted octanol–water partition coefficient (Wildman–Crippen LogP) is 1.07. The van der Waals surface area contributed by atoms with Crippen molar-refractivity contribution in [1.29, 1.82) is 5.26 Å². The van der Waals surface area contributed by atoms with Crippen molar-refractivity contribution in [2.45, 2.75) is 43.6 Å². The Morgan fingerprint density at radius 1 is 0.898 bits per heavy atom. The molecule has 4 heterocycles. The van der Waals surface area contributed by atoms with E-state index in [4.69, 9.17) is 9.47 Å². The molecule has 2 aromatic carbocycles. The number of benzene rings is 2. The standard InChI is InChI=1S/C35H41N9O5/c36-22-28-2-1-11-44(28)31(45)23-37-10-9-35(34-38-40-41-39-34)29-7-5-26(32(46)42-12-16-48-17-13-42)20-24(29)3-4-25-21-27(6-8-30(25)35)33(47)43-14-18-49-19-15-43/h5-8,20-21,28,37H,1-4,9-19,23H2,(H,38,39,40,41). The van der Waals surface area contributed by atoms with Gasteiger partial charge in [0.25, 0.3) is 11.8 Å². The third kappa shape index (κ3) is 6.41. The number of morpholine rings is 2. The number of tetrazole rings is 1. The normalized spacial score (nSPS) is 20.2. The number of aromatic amines is 1. The number of nitrogens with zero attached hydrogens (tertiary/aromatic N) is 7. The number of nitriles is 1. The van der Waals surface area contributed by atoms with Crippen LogP contribution in [0.5, 0.6) is 0 Å². The first-order chi connectivity index (χ1) is 24.0. The summed E-state index contributed by atoms with van der Waals surface area (Å²) in [5, 5.41) is 28.3. The van der Waals surface area contributed by atoms with E-state index in [9.17, 15) is 19.6 Å². The number of aryl methyl sites for hydroxylation is 2. The van der Waals surface area contributed by atoms with Gasteiger partial charge in [0, 0.05) is 43.9 Å². The third-order valence-corrected chi connectivity index (χ3v) is 10.3. The summed E-state index contributed by atoms with van der Waals surface area (Å²) in [5.41, 5.74) is 4.27. The van der Waals surface area contributed by atoms with Crippen LogP contribution in [0.2, 0.25) is 0 Å². The summed E-state index contributed by atoms with van der Waals surface area (Å²) in [6, 6.07) is 13.6. The van der Waals surface area contributed by atoms with Gasteiger partial charge in [-0.15, -0.1) is 5.10 Å². The van der Waals surface area contributed by atoms with E-state index in [2.05, 4.69) is 32.0 Å². The largest absolute Gasteiger partial charge is 0.378 e. The van der Waals surface area contributed by atoms with E-state index >= 15 is 0 Å². The zero-order valence-corrected chi connectivity index (χ0v) is 27.5. The van der Waals surface area contributed by atoms with Gasteiger partial charge in [-0.3, -0.25) is 14.4 Å². The van der Waals surface area contributed by atoms with Crippen molar-refractivity contribution in [1.82, 2.24) is 40.6 Å². The molecule has 1 aliphatic carbocycles. The van der Waals surface area contributed by atoms with Gasteiger partial charge in [-0.05, 0) is 95.6 Å². The number of amides is 3. The molecule has 14 nitrogen and oxygen atoms in total. The number of rotatable bonds is 8. The van der Waals surface area contributed by atoms with E-state index < -0.39 is 5.41 Å². The highest BCUT2D eigenvalue weighted by Crippen LogP contribution is 2.46. The maximum Gasteiger partial charge on any atom is 0.254 e. The van der Waals surface area contributed by atoms with Crippen LogP contribution in [-0.2, 0) is 32.5 Å². The van der Waals surface area contributed by atoms with Crippen molar-refractivity contribution in [3.8, 4) is 6.07 Å². The second-order valence-electron chi connectivity index (χ2n) is 13.0. The monoisotopic (exact) mass is 667 g/mol. The fraction of sp³-hybridized carbons (Fsp3) is 0.514. The minimum atomic E-state index is -0.884. The Morgan fingerprint density at radius 3 is 2.02 bits per heavy atom. The highest BCUT2D eigenvalue weighted by Gasteiger charge is 2.44. The van der Waals surface area contributed by atoms with Crippen molar-refractivity contribution in [2.24, 2.45) is 0 Å². The molecule has 3 saturated heterocycles. The number of fused-ring (bicyclic) bond motifs is 2. The van der Waals surface area contributed by atoms with E-state index in [1.54, 1.807) is 4.90 Å². The van der Waals surface area contributed by atoms with Gasteiger partial charge < -0.3 is 29.5 Å². The zero-order valence-electron chi connectivity index (χ0n) is 27.5. The Kier molecular flexibility index (Phi) is 9.65. The first kappa shape index (κ1) is 32.8. The van der Waals surface area contributed by atoms with Gasteiger partial charge in [0.1, 0.15) is 6.04 Å². The summed E-state index contributed by atoms with van der Waals surface area (Å²) >= 11 is 0. The van der Waals surface area contributed by atoms with Gasteiger partial charge in [-0.25, -0.2) is 5.10 Å². The number of likely N-dealkylation sites (tertiary alicyclic amines) is 1. The molecule has 3 amide bonds. The number of ether oxygens (including phenoxy) is 2. The molecule has 49 heavy (non-hydrogen) atoms. The van der Waals surface area contributed by atoms with Crippen LogP contribution in [0, 0.1) is 11.3 Å². The molecule has 1 aromatic heterocycles. The lowest BCUT2D eigenvalue weighted by atomic mass is 9.69. The molecule has 1 unspecified atom stereocenters. The lowest BCUT2D eigenvalue weighted by Gasteiger charge is -2.35. The highest BCUT2D eigenvalue weighted by atomic mass is 16.5. The minimum absolute atomic E-state index is 0.0315. The Hall–Kier alpha value is -4.71. The van der Waals surface area contributed by atoms with Crippen molar-refractivity contribution in [3.63, 3.8) is 0 Å². The SMILES string of the molecule is N#CC1CCCN1C(=O)CNCCC1(c2nnn[nH]2)c2ccc(C(=O)N3CCOCC3)cc2CCc2cc(C(=O)N3CCOCC3)ccc21. The van der Waals surface area contributed by atoms with Gasteiger partial charge in [0.15, 0.2) is 5.82 Å². The molecule has 0 saturated carbocycles. The van der Waals surface area contributed by atoms with Crippen molar-refractivity contribution in [2.75, 3.05) is 72.2 Å². The lowest BCUT2D eigenvalue weighted by Crippen LogP contribution is -2.42. The first-order valence-electron chi connectivity index (χ1n) is 17.1. The Bertz CT molecular complexity index is 1650. The zero-order chi connectivity index (χ0) is 33.8. The lowest BCUT2D eigenvalue weighted by molar-refractivity contribution is -0.130. The van der Waals surface area contributed by atoms with E-state index in [0.29, 0.717) is 108 Å². The van der Waals surface area contributed by atoms with Crippen molar-refractivity contribution in [3.05, 3.63) is 75.6 Å². The van der Waals surface area contributed by atoms with Crippen LogP contribution in [0.3, 0.4) is 0 Å². The minimum Gasteiger partial charge on any atom is -0.378 e. The predicted molar refractivity (Wildman–Crippen MR) is 176 cm³/mol. The molecular formula is C35H41N9O5. The van der Waals surface area contributed by atoms with Crippen LogP contribution < -0.4 is 5.32 Å². The molecule has 4 aliphatic rings. The Morgan fingerprint density at radius 2 is 1.49 bits per heavy atom. The number of hydrogen-bond acceptors (Lipinski definition) is 10. The molecule has 14 heteroatoms. The fourth-order valence-corrected chi connectivity index (χ4v) is 7.77. The summed E-state index contributed by atoms with van der Waals surface area (Å²) < 4.78 is 10.9. The molecule has 3 aromatic rings. The summed E-state index contributed by atoms with van der Waals surface area (Å²) in [4.78, 5) is 45.6. The molecule has 7 rings (SSSR count). The topological polar surface area (TPSA) is 170 Å². The number of H-pyrrole nitrogens is 1. The summed E-state index contributed by atoms with van der Waals surface area (Å²) in [6.07, 6.45) is 3.28. The summed E-state index contributed by atoms with van der Waals surface area (Å²) in [5.74, 6) is 0.374. The quantitative estimate of drug-likeness (QED) is 0.332. The fourth-order valence-electron chi connectivity index (χ4n) is 7.77. The number of nitrogens with one attached hydrogen (secondary N) is 2. The van der Waals surface area contributed by atoms with Crippen molar-refractivity contribution >= 4 is 17.7 Å².